The van der Waals surface area contributed by atoms with Gasteiger partial charge in [0.25, 0.3) is 0 Å². The summed E-state index contributed by atoms with van der Waals surface area (Å²) in [6, 6.07) is 28.6. The van der Waals surface area contributed by atoms with Gasteiger partial charge in [-0.05, 0) is 60.4 Å². The van der Waals surface area contributed by atoms with E-state index in [9.17, 15) is 0 Å². The normalized spacial score (nSPS) is 11.4. The SMILES string of the molecule is COc1ccc(NC(CCc2ccccc2)c2ccc(C#N)cc2)cc1. The molecule has 1 atom stereocenters. The fraction of sp³-hybridized carbons (Fsp3) is 0.174. The van der Waals surface area contributed by atoms with Gasteiger partial charge in [0.2, 0.25) is 0 Å². The molecule has 0 fully saturated rings. The van der Waals surface area contributed by atoms with Crippen LogP contribution in [0.5, 0.6) is 5.75 Å². The topological polar surface area (TPSA) is 45.0 Å². The Kier molecular flexibility index (Phi) is 5.90. The Balaban J connectivity index is 1.78. The summed E-state index contributed by atoms with van der Waals surface area (Å²) < 4.78 is 5.23. The third-order valence-corrected chi connectivity index (χ3v) is 4.44. The van der Waals surface area contributed by atoms with E-state index in [0.29, 0.717) is 5.56 Å². The van der Waals surface area contributed by atoms with Crippen LogP contribution in [0.2, 0.25) is 0 Å². The van der Waals surface area contributed by atoms with E-state index in [1.165, 1.54) is 11.1 Å². The molecule has 0 aliphatic carbocycles. The Hall–Kier alpha value is -3.25. The maximum absolute atomic E-state index is 9.03. The molecule has 1 N–H and O–H groups in total. The van der Waals surface area contributed by atoms with Crippen LogP contribution in [0.4, 0.5) is 5.69 Å². The van der Waals surface area contributed by atoms with Crippen LogP contribution in [-0.4, -0.2) is 7.11 Å². The summed E-state index contributed by atoms with van der Waals surface area (Å²) in [5, 5.41) is 12.6. The standard InChI is InChI=1S/C23H22N2O/c1-26-22-14-12-21(13-15-22)25-23(16-9-18-5-3-2-4-6-18)20-10-7-19(17-24)8-11-20/h2-8,10-15,23,25H,9,16H2,1H3. The van der Waals surface area contributed by atoms with Crippen LogP contribution in [-0.2, 0) is 6.42 Å². The third kappa shape index (κ3) is 4.64. The highest BCUT2D eigenvalue weighted by molar-refractivity contribution is 5.48. The largest absolute Gasteiger partial charge is 0.497 e. The van der Waals surface area contributed by atoms with Crippen LogP contribution in [0, 0.1) is 11.3 Å². The van der Waals surface area contributed by atoms with E-state index in [-0.39, 0.29) is 6.04 Å². The first-order valence-corrected chi connectivity index (χ1v) is 8.73. The fourth-order valence-corrected chi connectivity index (χ4v) is 2.96. The van der Waals surface area contributed by atoms with Crippen LogP contribution < -0.4 is 10.1 Å². The minimum atomic E-state index is 0.163. The molecule has 0 amide bonds. The highest BCUT2D eigenvalue weighted by Crippen LogP contribution is 2.26. The lowest BCUT2D eigenvalue weighted by Gasteiger charge is -2.21. The molecule has 0 aromatic heterocycles. The molecular weight excluding hydrogens is 320 g/mol. The number of rotatable bonds is 7. The summed E-state index contributed by atoms with van der Waals surface area (Å²) in [5.41, 5.74) is 4.23. The molecular formula is C23H22N2O. The van der Waals surface area contributed by atoms with Crippen molar-refractivity contribution in [2.75, 3.05) is 12.4 Å². The molecule has 3 aromatic rings. The lowest BCUT2D eigenvalue weighted by atomic mass is 9.97. The molecule has 0 radical (unpaired) electrons. The predicted molar refractivity (Wildman–Crippen MR) is 105 cm³/mol. The second-order valence-electron chi connectivity index (χ2n) is 6.18. The number of anilines is 1. The van der Waals surface area contributed by atoms with Gasteiger partial charge in [0, 0.05) is 5.69 Å². The van der Waals surface area contributed by atoms with Gasteiger partial charge in [0.15, 0.2) is 0 Å². The van der Waals surface area contributed by atoms with E-state index < -0.39 is 0 Å². The molecule has 0 saturated heterocycles. The Bertz CT molecular complexity index is 849. The van der Waals surface area contributed by atoms with Crippen molar-refractivity contribution < 1.29 is 4.74 Å². The van der Waals surface area contributed by atoms with Crippen LogP contribution in [0.15, 0.2) is 78.9 Å². The van der Waals surface area contributed by atoms with Crippen molar-refractivity contribution in [1.29, 1.82) is 5.26 Å². The van der Waals surface area contributed by atoms with E-state index in [1.54, 1.807) is 7.11 Å². The lowest BCUT2D eigenvalue weighted by molar-refractivity contribution is 0.415. The number of aryl methyl sites for hydroxylation is 1. The van der Waals surface area contributed by atoms with Crippen LogP contribution in [0.25, 0.3) is 0 Å². The molecule has 26 heavy (non-hydrogen) atoms. The molecule has 1 unspecified atom stereocenters. The number of benzene rings is 3. The lowest BCUT2D eigenvalue weighted by Crippen LogP contribution is -2.12. The Labute approximate surface area is 154 Å². The quantitative estimate of drug-likeness (QED) is 0.629. The molecule has 130 valence electrons. The average Bonchev–Trinajstić information content (AvgIpc) is 2.72. The van der Waals surface area contributed by atoms with Gasteiger partial charge in [-0.25, -0.2) is 0 Å². The molecule has 0 heterocycles. The van der Waals surface area contributed by atoms with Crippen LogP contribution in [0.1, 0.15) is 29.2 Å². The fourth-order valence-electron chi connectivity index (χ4n) is 2.96. The summed E-state index contributed by atoms with van der Waals surface area (Å²) in [6.45, 7) is 0. The zero-order valence-corrected chi connectivity index (χ0v) is 14.9. The van der Waals surface area contributed by atoms with E-state index in [2.05, 4.69) is 35.7 Å². The zero-order valence-electron chi connectivity index (χ0n) is 14.9. The zero-order chi connectivity index (χ0) is 18.2. The van der Waals surface area contributed by atoms with Crippen molar-refractivity contribution in [3.8, 4) is 11.8 Å². The first-order chi connectivity index (χ1) is 12.8. The Morgan fingerprint density at radius 2 is 1.62 bits per heavy atom. The van der Waals surface area contributed by atoms with Crippen molar-refractivity contribution in [2.45, 2.75) is 18.9 Å². The smallest absolute Gasteiger partial charge is 0.119 e. The number of nitrogens with zero attached hydrogens (tertiary/aromatic N) is 1. The predicted octanol–water partition coefficient (Wildman–Crippen LogP) is 5.35. The summed E-state index contributed by atoms with van der Waals surface area (Å²) in [7, 11) is 1.67. The number of hydrogen-bond acceptors (Lipinski definition) is 3. The van der Waals surface area contributed by atoms with E-state index >= 15 is 0 Å². The van der Waals surface area contributed by atoms with Crippen molar-refractivity contribution in [1.82, 2.24) is 0 Å². The molecule has 3 heteroatoms. The summed E-state index contributed by atoms with van der Waals surface area (Å²) in [4.78, 5) is 0. The maximum Gasteiger partial charge on any atom is 0.119 e. The minimum absolute atomic E-state index is 0.163. The van der Waals surface area contributed by atoms with Gasteiger partial charge in [0.1, 0.15) is 5.75 Å². The minimum Gasteiger partial charge on any atom is -0.497 e. The van der Waals surface area contributed by atoms with Crippen LogP contribution >= 0.6 is 0 Å². The number of nitrogens with one attached hydrogen (secondary N) is 1. The second-order valence-corrected chi connectivity index (χ2v) is 6.18. The molecule has 0 aliphatic rings. The summed E-state index contributed by atoms with van der Waals surface area (Å²) in [5.74, 6) is 0.842. The summed E-state index contributed by atoms with van der Waals surface area (Å²) >= 11 is 0. The van der Waals surface area contributed by atoms with Gasteiger partial charge in [-0.1, -0.05) is 42.5 Å². The molecule has 0 bridgehead atoms. The van der Waals surface area contributed by atoms with E-state index in [4.69, 9.17) is 10.00 Å². The summed E-state index contributed by atoms with van der Waals surface area (Å²) in [6.07, 6.45) is 1.94. The Morgan fingerprint density at radius 3 is 2.23 bits per heavy atom. The van der Waals surface area contributed by atoms with Gasteiger partial charge >= 0.3 is 0 Å². The highest BCUT2D eigenvalue weighted by atomic mass is 16.5. The highest BCUT2D eigenvalue weighted by Gasteiger charge is 2.12. The van der Waals surface area contributed by atoms with Crippen molar-refractivity contribution in [3.63, 3.8) is 0 Å². The van der Waals surface area contributed by atoms with Gasteiger partial charge in [-0.2, -0.15) is 5.26 Å². The molecule has 3 aromatic carbocycles. The Morgan fingerprint density at radius 1 is 0.923 bits per heavy atom. The molecule has 3 nitrogen and oxygen atoms in total. The molecule has 0 spiro atoms. The number of methoxy groups -OCH3 is 1. The van der Waals surface area contributed by atoms with E-state index in [0.717, 1.165) is 24.3 Å². The molecule has 3 rings (SSSR count). The molecule has 0 saturated carbocycles. The third-order valence-electron chi connectivity index (χ3n) is 4.44. The second kappa shape index (κ2) is 8.73. The number of hydrogen-bond donors (Lipinski definition) is 1. The van der Waals surface area contributed by atoms with Gasteiger partial charge in [-0.3, -0.25) is 0 Å². The van der Waals surface area contributed by atoms with Crippen molar-refractivity contribution in [3.05, 3.63) is 95.6 Å². The first kappa shape index (κ1) is 17.6. The van der Waals surface area contributed by atoms with Crippen molar-refractivity contribution >= 4 is 5.69 Å². The van der Waals surface area contributed by atoms with Crippen LogP contribution in [0.3, 0.4) is 0 Å². The van der Waals surface area contributed by atoms with E-state index in [1.807, 2.05) is 54.6 Å². The monoisotopic (exact) mass is 342 g/mol. The molecule has 0 aliphatic heterocycles. The average molecular weight is 342 g/mol. The number of nitriles is 1. The van der Waals surface area contributed by atoms with Gasteiger partial charge in [-0.15, -0.1) is 0 Å². The number of ether oxygens (including phenoxy) is 1. The van der Waals surface area contributed by atoms with Crippen molar-refractivity contribution in [2.24, 2.45) is 0 Å². The van der Waals surface area contributed by atoms with Gasteiger partial charge < -0.3 is 10.1 Å². The first-order valence-electron chi connectivity index (χ1n) is 8.73. The maximum atomic E-state index is 9.03. The van der Waals surface area contributed by atoms with Gasteiger partial charge in [0.05, 0.1) is 24.8 Å².